The molecule has 0 amide bonds. The maximum absolute atomic E-state index is 12.4. The highest BCUT2D eigenvalue weighted by Gasteiger charge is 2.29. The van der Waals surface area contributed by atoms with Crippen molar-refractivity contribution in [3.05, 3.63) is 60.2 Å². The standard InChI is InChI=1S/C21H25F3N4O/c1-25-20(27-17-11-12-28(14-17)18-8-3-2-4-9-18)26-13-16-7-5-6-10-19(16)29-15-21(22,23)24/h2-10,17H,11-15H2,1H3,(H2,25,26,27). The summed E-state index contributed by atoms with van der Waals surface area (Å²) in [4.78, 5) is 6.55. The lowest BCUT2D eigenvalue weighted by molar-refractivity contribution is -0.153. The molecule has 1 unspecified atom stereocenters. The Labute approximate surface area is 168 Å². The second kappa shape index (κ2) is 9.54. The molecule has 2 aromatic rings. The summed E-state index contributed by atoms with van der Waals surface area (Å²) in [7, 11) is 1.67. The fourth-order valence-electron chi connectivity index (χ4n) is 3.27. The molecule has 156 valence electrons. The fraction of sp³-hybridized carbons (Fsp3) is 0.381. The first-order valence-electron chi connectivity index (χ1n) is 9.49. The van der Waals surface area contributed by atoms with Crippen LogP contribution in [0.4, 0.5) is 18.9 Å². The summed E-state index contributed by atoms with van der Waals surface area (Å²) in [6.07, 6.45) is -3.40. The monoisotopic (exact) mass is 406 g/mol. The van der Waals surface area contributed by atoms with E-state index in [9.17, 15) is 13.2 Å². The van der Waals surface area contributed by atoms with Crippen molar-refractivity contribution < 1.29 is 17.9 Å². The molecule has 0 saturated carbocycles. The Bertz CT molecular complexity index is 811. The minimum atomic E-state index is -4.37. The molecular weight excluding hydrogens is 381 g/mol. The van der Waals surface area contributed by atoms with Crippen molar-refractivity contribution >= 4 is 11.6 Å². The van der Waals surface area contributed by atoms with E-state index in [4.69, 9.17) is 4.74 Å². The number of para-hydroxylation sites is 2. The molecule has 1 heterocycles. The molecule has 8 heteroatoms. The number of rotatable bonds is 6. The molecule has 0 aliphatic carbocycles. The lowest BCUT2D eigenvalue weighted by Gasteiger charge is -2.20. The summed E-state index contributed by atoms with van der Waals surface area (Å²) in [5.41, 5.74) is 1.83. The van der Waals surface area contributed by atoms with Crippen LogP contribution in [-0.4, -0.2) is 44.9 Å². The van der Waals surface area contributed by atoms with Gasteiger partial charge in [0, 0.05) is 44.0 Å². The number of hydrogen-bond acceptors (Lipinski definition) is 3. The van der Waals surface area contributed by atoms with E-state index < -0.39 is 12.8 Å². The molecule has 29 heavy (non-hydrogen) atoms. The van der Waals surface area contributed by atoms with E-state index in [-0.39, 0.29) is 11.8 Å². The van der Waals surface area contributed by atoms with Crippen molar-refractivity contribution in [3.8, 4) is 5.75 Å². The summed E-state index contributed by atoms with van der Waals surface area (Å²) in [5.74, 6) is 0.819. The molecule has 1 fully saturated rings. The van der Waals surface area contributed by atoms with E-state index in [0.717, 1.165) is 19.5 Å². The number of ether oxygens (including phenoxy) is 1. The number of anilines is 1. The molecular formula is C21H25F3N4O. The first-order valence-corrected chi connectivity index (χ1v) is 9.49. The Kier molecular flexibility index (Phi) is 6.85. The van der Waals surface area contributed by atoms with Gasteiger partial charge in [-0.1, -0.05) is 36.4 Å². The van der Waals surface area contributed by atoms with Crippen LogP contribution >= 0.6 is 0 Å². The van der Waals surface area contributed by atoms with Gasteiger partial charge in [-0.05, 0) is 24.6 Å². The molecule has 0 spiro atoms. The SMILES string of the molecule is CN=C(NCc1ccccc1OCC(F)(F)F)NC1CCN(c2ccccc2)C1. The van der Waals surface area contributed by atoms with Crippen LogP contribution in [0, 0.1) is 0 Å². The highest BCUT2D eigenvalue weighted by Crippen LogP contribution is 2.22. The van der Waals surface area contributed by atoms with Crippen molar-refractivity contribution in [2.75, 3.05) is 31.6 Å². The molecule has 3 rings (SSSR count). The summed E-state index contributed by atoms with van der Waals surface area (Å²) in [6.45, 7) is 0.806. The molecule has 0 radical (unpaired) electrons. The zero-order valence-corrected chi connectivity index (χ0v) is 16.2. The highest BCUT2D eigenvalue weighted by molar-refractivity contribution is 5.80. The van der Waals surface area contributed by atoms with Crippen LogP contribution in [0.25, 0.3) is 0 Å². The van der Waals surface area contributed by atoms with Crippen molar-refractivity contribution in [2.24, 2.45) is 4.99 Å². The van der Waals surface area contributed by atoms with E-state index in [1.807, 2.05) is 18.2 Å². The van der Waals surface area contributed by atoms with Crippen molar-refractivity contribution in [1.82, 2.24) is 10.6 Å². The van der Waals surface area contributed by atoms with Gasteiger partial charge in [-0.3, -0.25) is 4.99 Å². The van der Waals surface area contributed by atoms with Crippen molar-refractivity contribution in [1.29, 1.82) is 0 Å². The van der Waals surface area contributed by atoms with Crippen LogP contribution in [0.15, 0.2) is 59.6 Å². The Hall–Kier alpha value is -2.90. The third-order valence-electron chi connectivity index (χ3n) is 4.68. The molecule has 0 bridgehead atoms. The van der Waals surface area contributed by atoms with Gasteiger partial charge in [-0.25, -0.2) is 0 Å². The number of aliphatic imine (C=N–C) groups is 1. The normalized spacial score (nSPS) is 17.3. The van der Waals surface area contributed by atoms with E-state index in [2.05, 4.69) is 32.7 Å². The second-order valence-electron chi connectivity index (χ2n) is 6.85. The number of hydrogen-bond donors (Lipinski definition) is 2. The van der Waals surface area contributed by atoms with E-state index in [0.29, 0.717) is 18.1 Å². The molecule has 2 aromatic carbocycles. The van der Waals surface area contributed by atoms with E-state index >= 15 is 0 Å². The first-order chi connectivity index (χ1) is 13.9. The van der Waals surface area contributed by atoms with Gasteiger partial charge in [-0.15, -0.1) is 0 Å². The number of guanidine groups is 1. The van der Waals surface area contributed by atoms with Crippen LogP contribution in [-0.2, 0) is 6.54 Å². The zero-order valence-electron chi connectivity index (χ0n) is 16.2. The van der Waals surface area contributed by atoms with Crippen LogP contribution in [0.2, 0.25) is 0 Å². The quantitative estimate of drug-likeness (QED) is 0.569. The number of nitrogens with one attached hydrogen (secondary N) is 2. The predicted octanol–water partition coefficient (Wildman–Crippen LogP) is 3.57. The minimum Gasteiger partial charge on any atom is -0.484 e. The van der Waals surface area contributed by atoms with Crippen LogP contribution in [0.5, 0.6) is 5.75 Å². The van der Waals surface area contributed by atoms with Gasteiger partial charge in [0.1, 0.15) is 5.75 Å². The summed E-state index contributed by atoms with van der Waals surface area (Å²) < 4.78 is 42.3. The van der Waals surface area contributed by atoms with Gasteiger partial charge in [-0.2, -0.15) is 13.2 Å². The average molecular weight is 406 g/mol. The smallest absolute Gasteiger partial charge is 0.422 e. The van der Waals surface area contributed by atoms with Crippen LogP contribution in [0.1, 0.15) is 12.0 Å². The number of halogens is 3. The molecule has 1 saturated heterocycles. The Morgan fingerprint density at radius 3 is 2.59 bits per heavy atom. The molecule has 0 aromatic heterocycles. The first kappa shape index (κ1) is 20.8. The highest BCUT2D eigenvalue weighted by atomic mass is 19.4. The van der Waals surface area contributed by atoms with Gasteiger partial charge in [0.05, 0.1) is 0 Å². The zero-order chi connectivity index (χ0) is 20.7. The van der Waals surface area contributed by atoms with Crippen LogP contribution < -0.4 is 20.3 Å². The number of benzene rings is 2. The molecule has 1 aliphatic rings. The van der Waals surface area contributed by atoms with Gasteiger partial charge >= 0.3 is 6.18 Å². The summed E-state index contributed by atoms with van der Waals surface area (Å²) >= 11 is 0. The van der Waals surface area contributed by atoms with E-state index in [1.54, 1.807) is 25.2 Å². The minimum absolute atomic E-state index is 0.212. The van der Waals surface area contributed by atoms with Gasteiger partial charge in [0.25, 0.3) is 0 Å². The van der Waals surface area contributed by atoms with Crippen molar-refractivity contribution in [3.63, 3.8) is 0 Å². The van der Waals surface area contributed by atoms with Crippen molar-refractivity contribution in [2.45, 2.75) is 25.2 Å². The molecule has 1 atom stereocenters. The Balaban J connectivity index is 1.53. The van der Waals surface area contributed by atoms with Gasteiger partial charge in [0.15, 0.2) is 12.6 Å². The third-order valence-corrected chi connectivity index (χ3v) is 4.68. The topological polar surface area (TPSA) is 48.9 Å². The lowest BCUT2D eigenvalue weighted by Crippen LogP contribution is -2.44. The molecule has 1 aliphatic heterocycles. The maximum Gasteiger partial charge on any atom is 0.422 e. The van der Waals surface area contributed by atoms with Crippen LogP contribution in [0.3, 0.4) is 0 Å². The summed E-state index contributed by atoms with van der Waals surface area (Å²) in [5, 5.41) is 6.55. The van der Waals surface area contributed by atoms with Gasteiger partial charge < -0.3 is 20.3 Å². The average Bonchev–Trinajstić information content (AvgIpc) is 3.19. The lowest BCUT2D eigenvalue weighted by atomic mass is 10.2. The number of alkyl halides is 3. The van der Waals surface area contributed by atoms with E-state index in [1.165, 1.54) is 11.8 Å². The fourth-order valence-corrected chi connectivity index (χ4v) is 3.27. The summed E-state index contributed by atoms with van der Waals surface area (Å²) in [6, 6.07) is 17.1. The maximum atomic E-state index is 12.4. The predicted molar refractivity (Wildman–Crippen MR) is 108 cm³/mol. The number of nitrogens with zero attached hydrogens (tertiary/aromatic N) is 2. The largest absolute Gasteiger partial charge is 0.484 e. The molecule has 2 N–H and O–H groups in total. The Morgan fingerprint density at radius 2 is 1.86 bits per heavy atom. The third kappa shape index (κ3) is 6.30. The Morgan fingerprint density at radius 1 is 1.14 bits per heavy atom. The second-order valence-corrected chi connectivity index (χ2v) is 6.85. The molecule has 5 nitrogen and oxygen atoms in total. The van der Waals surface area contributed by atoms with Gasteiger partial charge in [0.2, 0.25) is 0 Å².